The number of hydrogen-bond acceptors (Lipinski definition) is 4. The Hall–Kier alpha value is -3.28. The second kappa shape index (κ2) is 13.7. The first kappa shape index (κ1) is 29.0. The second-order valence-corrected chi connectivity index (χ2v) is 9.79. The van der Waals surface area contributed by atoms with Crippen LogP contribution in [0.4, 0.5) is 5.69 Å². The van der Waals surface area contributed by atoms with Crippen molar-refractivity contribution >= 4 is 23.1 Å². The zero-order chi connectivity index (χ0) is 26.8. The molecular formula is C30H42N2O4. The van der Waals surface area contributed by atoms with Crippen molar-refractivity contribution in [3.63, 3.8) is 0 Å². The molecule has 0 radical (unpaired) electrons. The van der Waals surface area contributed by atoms with Crippen LogP contribution in [-0.4, -0.2) is 23.5 Å². The zero-order valence-electron chi connectivity index (χ0n) is 22.8. The lowest BCUT2D eigenvalue weighted by molar-refractivity contribution is -0.136. The molecule has 6 heteroatoms. The summed E-state index contributed by atoms with van der Waals surface area (Å²) in [5, 5.41) is 15.0. The molecule has 1 amide bonds. The van der Waals surface area contributed by atoms with Gasteiger partial charge in [0, 0.05) is 23.4 Å². The molecule has 6 nitrogen and oxygen atoms in total. The quantitative estimate of drug-likeness (QED) is 0.250. The number of furan rings is 1. The Labute approximate surface area is 215 Å². The third kappa shape index (κ3) is 8.43. The molecule has 3 N–H and O–H groups in total. The fourth-order valence-corrected chi connectivity index (χ4v) is 4.24. The highest BCUT2D eigenvalue weighted by Crippen LogP contribution is 2.34. The molecule has 0 bridgehead atoms. The largest absolute Gasteiger partial charge is 0.481 e. The molecule has 1 atom stereocenters. The fourth-order valence-electron chi connectivity index (χ4n) is 4.24. The van der Waals surface area contributed by atoms with Gasteiger partial charge >= 0.3 is 5.97 Å². The number of amides is 1. The molecule has 1 unspecified atom stereocenters. The van der Waals surface area contributed by atoms with Gasteiger partial charge in [0.2, 0.25) is 0 Å². The number of carboxylic acid groups (broad SMARTS) is 1. The molecular weight excluding hydrogens is 452 g/mol. The summed E-state index contributed by atoms with van der Waals surface area (Å²) >= 11 is 0. The molecule has 0 saturated carbocycles. The molecule has 0 saturated heterocycles. The summed E-state index contributed by atoms with van der Waals surface area (Å²) in [4.78, 5) is 22.9. The molecule has 2 rings (SSSR count). The van der Waals surface area contributed by atoms with Crippen molar-refractivity contribution in [2.24, 2.45) is 5.92 Å². The Morgan fingerprint density at radius 1 is 1.08 bits per heavy atom. The molecule has 0 aliphatic carbocycles. The van der Waals surface area contributed by atoms with Crippen molar-refractivity contribution in [3.8, 4) is 0 Å². The number of hydrogen-bond donors (Lipinski definition) is 3. The number of carbonyl (C=O) groups excluding carboxylic acids is 1. The monoisotopic (exact) mass is 494 g/mol. The first-order valence-electron chi connectivity index (χ1n) is 12.9. The summed E-state index contributed by atoms with van der Waals surface area (Å²) in [6.07, 6.45) is 5.00. The van der Waals surface area contributed by atoms with E-state index in [2.05, 4.69) is 64.3 Å². The molecule has 1 aromatic carbocycles. The molecule has 0 spiro atoms. The van der Waals surface area contributed by atoms with Gasteiger partial charge < -0.3 is 20.2 Å². The predicted octanol–water partition coefficient (Wildman–Crippen LogP) is 7.53. The number of aliphatic carboxylic acids is 1. The normalized spacial score (nSPS) is 13.4. The van der Waals surface area contributed by atoms with Crippen LogP contribution >= 0.6 is 0 Å². The fraction of sp³-hybridized carbons (Fsp3) is 0.467. The Kier molecular flexibility index (Phi) is 11.0. The van der Waals surface area contributed by atoms with Gasteiger partial charge in [-0.1, -0.05) is 39.3 Å². The Bertz CT molecular complexity index is 1090. The van der Waals surface area contributed by atoms with Gasteiger partial charge in [-0.3, -0.25) is 9.59 Å². The van der Waals surface area contributed by atoms with Crippen LogP contribution in [-0.2, 0) is 4.79 Å². The summed E-state index contributed by atoms with van der Waals surface area (Å²) in [6.45, 7) is 15.2. The van der Waals surface area contributed by atoms with Crippen molar-refractivity contribution in [2.75, 3.05) is 11.9 Å². The summed E-state index contributed by atoms with van der Waals surface area (Å²) in [5.41, 5.74) is 6.36. The van der Waals surface area contributed by atoms with Gasteiger partial charge in [0.05, 0.1) is 12.5 Å². The topological polar surface area (TPSA) is 91.6 Å². The van der Waals surface area contributed by atoms with E-state index in [1.54, 1.807) is 12.1 Å². The van der Waals surface area contributed by atoms with Crippen LogP contribution < -0.4 is 10.6 Å². The third-order valence-electron chi connectivity index (χ3n) is 6.30. The lowest BCUT2D eigenvalue weighted by Crippen LogP contribution is -2.25. The van der Waals surface area contributed by atoms with Crippen LogP contribution in [0.15, 0.2) is 52.0 Å². The van der Waals surface area contributed by atoms with Gasteiger partial charge in [0.1, 0.15) is 11.5 Å². The summed E-state index contributed by atoms with van der Waals surface area (Å²) < 4.78 is 6.29. The van der Waals surface area contributed by atoms with E-state index in [4.69, 9.17) is 9.52 Å². The predicted molar refractivity (Wildman–Crippen MR) is 147 cm³/mol. The maximum absolute atomic E-state index is 12.3. The third-order valence-corrected chi connectivity index (χ3v) is 6.30. The van der Waals surface area contributed by atoms with Gasteiger partial charge in [0.15, 0.2) is 0 Å². The van der Waals surface area contributed by atoms with Crippen molar-refractivity contribution in [1.82, 2.24) is 5.32 Å². The van der Waals surface area contributed by atoms with E-state index >= 15 is 0 Å². The van der Waals surface area contributed by atoms with E-state index in [1.807, 2.05) is 19.1 Å². The minimum atomic E-state index is -0.937. The number of carbonyl (C=O) groups is 2. The minimum Gasteiger partial charge on any atom is -0.481 e. The first-order valence-corrected chi connectivity index (χ1v) is 12.9. The van der Waals surface area contributed by atoms with Crippen molar-refractivity contribution in [2.45, 2.75) is 80.2 Å². The molecule has 1 aromatic heterocycles. The van der Waals surface area contributed by atoms with E-state index in [-0.39, 0.29) is 24.9 Å². The maximum Gasteiger partial charge on any atom is 0.305 e. The molecule has 0 aliphatic rings. The summed E-state index contributed by atoms with van der Waals surface area (Å²) in [7, 11) is 0. The van der Waals surface area contributed by atoms with E-state index < -0.39 is 5.97 Å². The average molecular weight is 495 g/mol. The number of rotatable bonds is 13. The van der Waals surface area contributed by atoms with Crippen LogP contribution in [0, 0.1) is 12.8 Å². The summed E-state index contributed by atoms with van der Waals surface area (Å²) in [6, 6.07) is 9.51. The second-order valence-electron chi connectivity index (χ2n) is 9.79. The van der Waals surface area contributed by atoms with Crippen molar-refractivity contribution in [1.29, 1.82) is 0 Å². The smallest absolute Gasteiger partial charge is 0.305 e. The Morgan fingerprint density at radius 3 is 2.31 bits per heavy atom. The van der Waals surface area contributed by atoms with Gasteiger partial charge in [-0.25, -0.2) is 0 Å². The number of allylic oxidation sites excluding steroid dienone is 4. The standard InChI is InChI=1S/C30H42N2O4/c1-8-20(5)17-21(6)25(9-2)28-18-26(22(7)36-28)27(16-19(3)4)32-24-12-10-23(11-13-24)30(35)31-15-14-29(33)34/h10-13,17-19,27,32H,8-9,14-16H2,1-7H3,(H,31,35)(H,33,34)/b20-17-,25-21+. The van der Waals surface area contributed by atoms with Crippen molar-refractivity contribution < 1.29 is 19.1 Å². The number of anilines is 1. The van der Waals surface area contributed by atoms with Crippen LogP contribution in [0.1, 0.15) is 101 Å². The number of benzene rings is 1. The van der Waals surface area contributed by atoms with Crippen LogP contribution in [0.3, 0.4) is 0 Å². The number of nitrogens with one attached hydrogen (secondary N) is 2. The molecule has 1 heterocycles. The summed E-state index contributed by atoms with van der Waals surface area (Å²) in [5.74, 6) is 1.09. The van der Waals surface area contributed by atoms with Gasteiger partial charge in [-0.2, -0.15) is 0 Å². The van der Waals surface area contributed by atoms with Crippen LogP contribution in [0.5, 0.6) is 0 Å². The highest BCUT2D eigenvalue weighted by Gasteiger charge is 2.21. The molecule has 0 fully saturated rings. The Morgan fingerprint density at radius 2 is 1.75 bits per heavy atom. The lowest BCUT2D eigenvalue weighted by Gasteiger charge is -2.22. The van der Waals surface area contributed by atoms with Gasteiger partial charge in [0.25, 0.3) is 5.91 Å². The van der Waals surface area contributed by atoms with E-state index in [0.717, 1.165) is 42.0 Å². The van der Waals surface area contributed by atoms with Crippen LogP contribution in [0.25, 0.3) is 5.57 Å². The number of aryl methyl sites for hydroxylation is 1. The minimum absolute atomic E-state index is 0.0593. The van der Waals surface area contributed by atoms with Gasteiger partial charge in [-0.15, -0.1) is 0 Å². The van der Waals surface area contributed by atoms with E-state index in [0.29, 0.717) is 11.5 Å². The van der Waals surface area contributed by atoms with E-state index in [1.165, 1.54) is 16.7 Å². The van der Waals surface area contributed by atoms with E-state index in [9.17, 15) is 9.59 Å². The van der Waals surface area contributed by atoms with Crippen LogP contribution in [0.2, 0.25) is 0 Å². The average Bonchev–Trinajstić information content (AvgIpc) is 3.19. The molecule has 2 aromatic rings. The lowest BCUT2D eigenvalue weighted by atomic mass is 9.95. The molecule has 36 heavy (non-hydrogen) atoms. The SMILES string of the molecule is CC/C(C)=C\C(C)=C(/CC)c1cc(C(CC(C)C)Nc2ccc(C(=O)NCCC(=O)O)cc2)c(C)o1. The maximum atomic E-state index is 12.3. The molecule has 0 aliphatic heterocycles. The number of carboxylic acids is 1. The molecule has 196 valence electrons. The zero-order valence-corrected chi connectivity index (χ0v) is 22.8. The van der Waals surface area contributed by atoms with Crippen molar-refractivity contribution in [3.05, 3.63) is 70.2 Å². The highest BCUT2D eigenvalue weighted by atomic mass is 16.4. The van der Waals surface area contributed by atoms with Gasteiger partial charge in [-0.05, 0) is 87.4 Å². The highest BCUT2D eigenvalue weighted by molar-refractivity contribution is 5.94. The Balaban J connectivity index is 2.27. The first-order chi connectivity index (χ1) is 17.0.